The molecule has 8 nitrogen and oxygen atoms in total. The minimum atomic E-state index is -6.48. The second-order valence-electron chi connectivity index (χ2n) is 5.37. The molecule has 15 heteroatoms. The maximum atomic E-state index is 12.6. The van der Waals surface area contributed by atoms with Gasteiger partial charge in [0.15, 0.2) is 0 Å². The number of nitrogens with zero attached hydrogens (tertiary/aromatic N) is 1. The molecule has 0 aromatic rings. The first-order chi connectivity index (χ1) is 11.6. The summed E-state index contributed by atoms with van der Waals surface area (Å²) in [5, 5.41) is 8.92. The fourth-order valence-electron chi connectivity index (χ4n) is 2.05. The summed E-state index contributed by atoms with van der Waals surface area (Å²) in [5.41, 5.74) is -5.87. The lowest BCUT2D eigenvalue weighted by Gasteiger charge is -2.34. The van der Waals surface area contributed by atoms with Gasteiger partial charge in [-0.15, -0.1) is 0 Å². The van der Waals surface area contributed by atoms with Crippen molar-refractivity contribution in [3.05, 3.63) is 0 Å². The maximum absolute atomic E-state index is 12.6. The molecule has 1 heterocycles. The van der Waals surface area contributed by atoms with Crippen LogP contribution in [-0.2, 0) is 24.4 Å². The third-order valence-corrected chi connectivity index (χ3v) is 4.13. The van der Waals surface area contributed by atoms with Gasteiger partial charge < -0.3 is 19.1 Å². The summed E-state index contributed by atoms with van der Waals surface area (Å²) in [4.78, 5) is 12.8. The molecule has 1 aliphatic rings. The van der Waals surface area contributed by atoms with E-state index in [2.05, 4.69) is 4.74 Å². The Kier molecular flexibility index (Phi) is 6.90. The summed E-state index contributed by atoms with van der Waals surface area (Å²) >= 11 is 0. The Morgan fingerprint density at radius 2 is 1.62 bits per heavy atom. The van der Waals surface area contributed by atoms with Gasteiger partial charge >= 0.3 is 23.9 Å². The summed E-state index contributed by atoms with van der Waals surface area (Å²) < 4.78 is 117. The van der Waals surface area contributed by atoms with Crippen molar-refractivity contribution in [1.29, 1.82) is 0 Å². The van der Waals surface area contributed by atoms with Crippen molar-refractivity contribution in [2.24, 2.45) is 0 Å². The number of carbonyl (C=O) groups excluding carboxylic acids is 1. The lowest BCUT2D eigenvalue weighted by molar-refractivity contribution is -0.357. The van der Waals surface area contributed by atoms with Crippen molar-refractivity contribution in [2.75, 3.05) is 38.6 Å². The van der Waals surface area contributed by atoms with Gasteiger partial charge in [-0.25, -0.2) is 13.2 Å². The normalized spacial score (nSPS) is 19.2. The third kappa shape index (κ3) is 5.67. The van der Waals surface area contributed by atoms with Gasteiger partial charge in [0.2, 0.25) is 0 Å². The zero-order valence-corrected chi connectivity index (χ0v) is 13.7. The monoisotopic (exact) mass is 418 g/mol. The molecule has 1 saturated heterocycles. The van der Waals surface area contributed by atoms with Crippen LogP contribution in [0, 0.1) is 0 Å². The van der Waals surface area contributed by atoms with E-state index >= 15 is 0 Å². The molecule has 1 rings (SSSR count). The molecule has 0 aromatic carbocycles. The lowest BCUT2D eigenvalue weighted by Crippen LogP contribution is -2.64. The Bertz CT molecular complexity index is 585. The number of ether oxygens (including phenoxy) is 2. The summed E-state index contributed by atoms with van der Waals surface area (Å²) in [5.74, 6) is -4.73. The van der Waals surface area contributed by atoms with E-state index in [1.807, 2.05) is 0 Å². The summed E-state index contributed by atoms with van der Waals surface area (Å²) in [7, 11) is -5.17. The zero-order valence-electron chi connectivity index (χ0n) is 12.8. The Hall–Kier alpha value is -1.16. The minimum absolute atomic E-state index is 0.107. The van der Waals surface area contributed by atoms with E-state index in [9.17, 15) is 44.1 Å². The Balaban J connectivity index is 3.05. The fraction of sp³-hybridized carbons (Fsp3) is 0.909. The van der Waals surface area contributed by atoms with Gasteiger partial charge in [-0.2, -0.15) is 26.3 Å². The first kappa shape index (κ1) is 22.9. The number of hydrogen-bond acceptors (Lipinski definition) is 8. The van der Waals surface area contributed by atoms with Crippen LogP contribution in [0.2, 0.25) is 0 Å². The number of halogens is 6. The zero-order chi connectivity index (χ0) is 20.4. The molecule has 0 aliphatic carbocycles. The van der Waals surface area contributed by atoms with Crippen molar-refractivity contribution < 1.29 is 58.7 Å². The average molecular weight is 418 g/mol. The fourth-order valence-corrected chi connectivity index (χ4v) is 2.68. The van der Waals surface area contributed by atoms with E-state index in [0.29, 0.717) is 0 Å². The Labute approximate surface area is 143 Å². The van der Waals surface area contributed by atoms with Crippen LogP contribution in [0.1, 0.15) is 0 Å². The molecule has 0 saturated carbocycles. The van der Waals surface area contributed by atoms with E-state index < -0.39 is 52.4 Å². The van der Waals surface area contributed by atoms with Crippen LogP contribution < -0.4 is 0 Å². The van der Waals surface area contributed by atoms with Crippen LogP contribution in [-0.4, -0.2) is 91.6 Å². The number of morpholine rings is 1. The van der Waals surface area contributed by atoms with Gasteiger partial charge in [-0.1, -0.05) is 0 Å². The second-order valence-corrected chi connectivity index (χ2v) is 6.82. The van der Waals surface area contributed by atoms with Crippen molar-refractivity contribution in [3.63, 3.8) is 0 Å². The molecule has 0 bridgehead atoms. The molecule has 1 N–H and O–H groups in total. The number of esters is 1. The van der Waals surface area contributed by atoms with E-state index in [4.69, 9.17) is 9.84 Å². The molecule has 0 spiro atoms. The van der Waals surface area contributed by atoms with Crippen LogP contribution in [0.25, 0.3) is 0 Å². The van der Waals surface area contributed by atoms with Crippen molar-refractivity contribution in [3.8, 4) is 0 Å². The molecule has 0 aromatic heterocycles. The van der Waals surface area contributed by atoms with E-state index in [0.717, 1.165) is 0 Å². The van der Waals surface area contributed by atoms with Crippen molar-refractivity contribution in [2.45, 2.75) is 24.1 Å². The topological polar surface area (TPSA) is 116 Å². The standard InChI is InChI=1S/C11H15F6NO7S/c12-10(13,14)9(20,11(15,16)17)8(19)25-7(6-26(21,22)23)5-18-1-3-24-4-2-18/h7,20H,1-6H2,(H,21,22,23)/p-1. The van der Waals surface area contributed by atoms with E-state index in [1.54, 1.807) is 0 Å². The van der Waals surface area contributed by atoms with Crippen LogP contribution >= 0.6 is 0 Å². The molecule has 0 amide bonds. The van der Waals surface area contributed by atoms with Crippen LogP contribution in [0.4, 0.5) is 26.3 Å². The third-order valence-electron chi connectivity index (χ3n) is 3.35. The van der Waals surface area contributed by atoms with Crippen LogP contribution in [0.3, 0.4) is 0 Å². The highest BCUT2D eigenvalue weighted by Crippen LogP contribution is 2.44. The lowest BCUT2D eigenvalue weighted by atomic mass is 10.0. The summed E-state index contributed by atoms with van der Waals surface area (Å²) in [6, 6.07) is 0. The average Bonchev–Trinajstić information content (AvgIpc) is 2.43. The molecule has 1 aliphatic heterocycles. The molecule has 1 fully saturated rings. The highest BCUT2D eigenvalue weighted by molar-refractivity contribution is 7.85. The predicted octanol–water partition coefficient (Wildman–Crippen LogP) is -0.369. The highest BCUT2D eigenvalue weighted by atomic mass is 32.2. The van der Waals surface area contributed by atoms with Crippen LogP contribution in [0.5, 0.6) is 0 Å². The number of aliphatic hydroxyl groups is 1. The van der Waals surface area contributed by atoms with Gasteiger partial charge in [-0.05, 0) is 0 Å². The summed E-state index contributed by atoms with van der Waals surface area (Å²) in [6.07, 6.45) is -15.1. The SMILES string of the molecule is O=C(OC(CN1CCOCC1)CS(=O)(=O)[O-])C(O)(C(F)(F)F)C(F)(F)F. The van der Waals surface area contributed by atoms with Crippen molar-refractivity contribution in [1.82, 2.24) is 4.90 Å². The largest absolute Gasteiger partial charge is 0.748 e. The first-order valence-corrected chi connectivity index (χ1v) is 8.46. The number of hydrogen-bond donors (Lipinski definition) is 1. The molecule has 0 radical (unpaired) electrons. The molecular weight excluding hydrogens is 404 g/mol. The Morgan fingerprint density at radius 3 is 2.00 bits per heavy atom. The number of rotatable bonds is 6. The van der Waals surface area contributed by atoms with Gasteiger partial charge in [0.1, 0.15) is 6.10 Å². The second kappa shape index (κ2) is 7.84. The molecular formula is C11H14F6NO7S-. The van der Waals surface area contributed by atoms with Gasteiger partial charge in [0.05, 0.1) is 29.1 Å². The van der Waals surface area contributed by atoms with E-state index in [1.165, 1.54) is 4.90 Å². The summed E-state index contributed by atoms with van der Waals surface area (Å²) in [6.45, 7) is -0.173. The predicted molar refractivity (Wildman–Crippen MR) is 68.8 cm³/mol. The quantitative estimate of drug-likeness (QED) is 0.353. The Morgan fingerprint density at radius 1 is 1.15 bits per heavy atom. The first-order valence-electron chi connectivity index (χ1n) is 6.88. The number of carbonyl (C=O) groups is 1. The van der Waals surface area contributed by atoms with Gasteiger partial charge in [0.25, 0.3) is 0 Å². The number of alkyl halides is 6. The molecule has 154 valence electrons. The smallest absolute Gasteiger partial charge is 0.437 e. The van der Waals surface area contributed by atoms with Crippen LogP contribution in [0.15, 0.2) is 0 Å². The minimum Gasteiger partial charge on any atom is -0.748 e. The molecule has 1 atom stereocenters. The van der Waals surface area contributed by atoms with Gasteiger partial charge in [-0.3, -0.25) is 4.90 Å². The van der Waals surface area contributed by atoms with E-state index in [-0.39, 0.29) is 26.3 Å². The molecule has 1 unspecified atom stereocenters. The molecule has 26 heavy (non-hydrogen) atoms. The van der Waals surface area contributed by atoms with Gasteiger partial charge in [0, 0.05) is 19.6 Å². The maximum Gasteiger partial charge on any atom is 0.437 e. The highest BCUT2D eigenvalue weighted by Gasteiger charge is 2.76. The van der Waals surface area contributed by atoms with Crippen molar-refractivity contribution >= 4 is 16.1 Å².